The Labute approximate surface area is 218 Å². The molecular weight excluding hydrogens is 567 g/mol. The summed E-state index contributed by atoms with van der Waals surface area (Å²) >= 11 is 0. The van der Waals surface area contributed by atoms with Crippen LogP contribution in [0.2, 0.25) is 0 Å². The van der Waals surface area contributed by atoms with Crippen LogP contribution in [0.1, 0.15) is 37.4 Å². The number of halogens is 11. The van der Waals surface area contributed by atoms with E-state index in [9.17, 15) is 53.5 Å². The number of nitrogens with zero attached hydrogens (tertiary/aromatic N) is 1. The van der Waals surface area contributed by atoms with Crippen molar-refractivity contribution in [3.63, 3.8) is 0 Å². The number of carbonyl (C=O) groups is 2. The second kappa shape index (κ2) is 10.5. The van der Waals surface area contributed by atoms with Gasteiger partial charge in [0, 0.05) is 24.6 Å². The van der Waals surface area contributed by atoms with E-state index >= 15 is 4.39 Å². The quantitative estimate of drug-likeness (QED) is 0.219. The second-order valence-corrected chi connectivity index (χ2v) is 8.49. The van der Waals surface area contributed by atoms with E-state index in [1.807, 2.05) is 0 Å². The van der Waals surface area contributed by atoms with Crippen LogP contribution in [0.3, 0.4) is 0 Å². The fourth-order valence-corrected chi connectivity index (χ4v) is 3.84. The lowest BCUT2D eigenvalue weighted by atomic mass is 9.89. The van der Waals surface area contributed by atoms with Gasteiger partial charge in [0.15, 0.2) is 11.6 Å². The third-order valence-electron chi connectivity index (χ3n) is 5.91. The fourth-order valence-electron chi connectivity index (χ4n) is 3.84. The Morgan fingerprint density at radius 2 is 1.32 bits per heavy atom. The molecule has 1 amide bonds. The zero-order valence-corrected chi connectivity index (χ0v) is 20.0. The van der Waals surface area contributed by atoms with Crippen molar-refractivity contribution in [2.45, 2.75) is 30.6 Å². The Kier molecular flexibility index (Phi) is 8.06. The lowest BCUT2D eigenvalue weighted by Gasteiger charge is -2.31. The van der Waals surface area contributed by atoms with Crippen molar-refractivity contribution in [2.24, 2.45) is 0 Å². The molecule has 14 heteroatoms. The highest BCUT2D eigenvalue weighted by Gasteiger charge is 2.73. The average molecular weight is 583 g/mol. The summed E-state index contributed by atoms with van der Waals surface area (Å²) in [6.45, 7) is 0. The number of amides is 1. The normalized spacial score (nSPS) is 12.8. The van der Waals surface area contributed by atoms with Crippen LogP contribution in [-0.4, -0.2) is 31.1 Å². The summed E-state index contributed by atoms with van der Waals surface area (Å²) in [5, 5.41) is 0. The number of rotatable bonds is 6. The van der Waals surface area contributed by atoms with Crippen molar-refractivity contribution < 1.29 is 57.9 Å². The number of Topliss-reactive ketones (excluding diaryl/α,β-unsaturated/α-hetero) is 1. The van der Waals surface area contributed by atoms with Gasteiger partial charge in [-0.15, -0.1) is 0 Å². The van der Waals surface area contributed by atoms with E-state index in [0.717, 1.165) is 30.1 Å². The summed E-state index contributed by atoms with van der Waals surface area (Å²) in [6, 6.07) is 9.80. The van der Waals surface area contributed by atoms with Crippen molar-refractivity contribution in [2.75, 3.05) is 11.9 Å². The molecule has 3 aromatic carbocycles. The first-order valence-electron chi connectivity index (χ1n) is 11.0. The standard InChI is InChI=1S/C26H16F11NO2/c1-38(22(40)14-6-3-2-4-7-14)19-9-5-8-17(21(19)27)20(39)12-15-10-11-16(13-18(15)24(29,30)31)23(28,25(32,33)34)26(35,36)37/h2-11,13H,12H2,1H3. The number of alkyl halides is 10. The molecule has 0 N–H and O–H groups in total. The minimum atomic E-state index is -6.67. The zero-order chi connectivity index (χ0) is 30.3. The molecule has 0 fully saturated rings. The predicted molar refractivity (Wildman–Crippen MR) is 120 cm³/mol. The maximum atomic E-state index is 15.2. The predicted octanol–water partition coefficient (Wildman–Crippen LogP) is 7.84. The SMILES string of the molecule is CN(C(=O)c1ccccc1)c1cccc(C(=O)Cc2ccc(C(F)(C(F)(F)F)C(F)(F)F)cc2C(F)(F)F)c1F. The van der Waals surface area contributed by atoms with Crippen LogP contribution in [0.4, 0.5) is 54.0 Å². The Morgan fingerprint density at radius 3 is 1.85 bits per heavy atom. The summed E-state index contributed by atoms with van der Waals surface area (Å²) in [7, 11) is 1.16. The number of anilines is 1. The van der Waals surface area contributed by atoms with E-state index in [1.54, 1.807) is 6.07 Å². The Hall–Kier alpha value is -3.97. The van der Waals surface area contributed by atoms with Gasteiger partial charge < -0.3 is 4.90 Å². The zero-order valence-electron chi connectivity index (χ0n) is 20.0. The first-order valence-corrected chi connectivity index (χ1v) is 11.0. The van der Waals surface area contributed by atoms with Crippen molar-refractivity contribution in [3.05, 3.63) is 100 Å². The molecule has 0 saturated carbocycles. The van der Waals surface area contributed by atoms with E-state index in [0.29, 0.717) is 0 Å². The third-order valence-corrected chi connectivity index (χ3v) is 5.91. The van der Waals surface area contributed by atoms with Crippen molar-refractivity contribution in [1.82, 2.24) is 0 Å². The van der Waals surface area contributed by atoms with E-state index < -0.39 is 82.1 Å². The van der Waals surface area contributed by atoms with Crippen LogP contribution in [0.25, 0.3) is 0 Å². The number of benzene rings is 3. The molecular formula is C26H16F11NO2. The van der Waals surface area contributed by atoms with Gasteiger partial charge in [-0.2, -0.15) is 39.5 Å². The summed E-state index contributed by atoms with van der Waals surface area (Å²) in [4.78, 5) is 26.2. The molecule has 3 rings (SSSR count). The fraction of sp³-hybridized carbons (Fsp3) is 0.231. The van der Waals surface area contributed by atoms with Crippen LogP contribution in [0, 0.1) is 5.82 Å². The molecule has 40 heavy (non-hydrogen) atoms. The van der Waals surface area contributed by atoms with Gasteiger partial charge in [0.25, 0.3) is 5.91 Å². The summed E-state index contributed by atoms with van der Waals surface area (Å²) in [5.41, 5.74) is -12.9. The van der Waals surface area contributed by atoms with Gasteiger partial charge in [-0.05, 0) is 35.9 Å². The minimum absolute atomic E-state index is 0.0919. The summed E-state index contributed by atoms with van der Waals surface area (Å²) < 4.78 is 149. The highest BCUT2D eigenvalue weighted by Crippen LogP contribution is 2.54. The Balaban J connectivity index is 2.02. The summed E-state index contributed by atoms with van der Waals surface area (Å²) in [5.74, 6) is -3.37. The third kappa shape index (κ3) is 5.65. The Bertz CT molecular complexity index is 1400. The van der Waals surface area contributed by atoms with Gasteiger partial charge in [-0.1, -0.05) is 36.4 Å². The van der Waals surface area contributed by atoms with E-state index in [2.05, 4.69) is 0 Å². The molecule has 0 atom stereocenters. The van der Waals surface area contributed by atoms with Gasteiger partial charge >= 0.3 is 24.2 Å². The van der Waals surface area contributed by atoms with Crippen molar-refractivity contribution in [1.29, 1.82) is 0 Å². The van der Waals surface area contributed by atoms with Gasteiger partial charge in [0.1, 0.15) is 0 Å². The first kappa shape index (κ1) is 30.6. The van der Waals surface area contributed by atoms with E-state index in [-0.39, 0.29) is 17.7 Å². The van der Waals surface area contributed by atoms with E-state index in [1.165, 1.54) is 24.3 Å². The lowest BCUT2D eigenvalue weighted by Crippen LogP contribution is -2.50. The molecule has 3 nitrogen and oxygen atoms in total. The number of ketones is 1. The molecule has 0 aliphatic heterocycles. The molecule has 0 aromatic heterocycles. The smallest absolute Gasteiger partial charge is 0.309 e. The average Bonchev–Trinajstić information content (AvgIpc) is 2.86. The van der Waals surface area contributed by atoms with Crippen molar-refractivity contribution in [3.8, 4) is 0 Å². The molecule has 0 saturated heterocycles. The highest BCUT2D eigenvalue weighted by atomic mass is 19.4. The molecule has 214 valence electrons. The Morgan fingerprint density at radius 1 is 0.750 bits per heavy atom. The van der Waals surface area contributed by atoms with Gasteiger partial charge in [-0.25, -0.2) is 8.78 Å². The first-order chi connectivity index (χ1) is 18.3. The number of carbonyl (C=O) groups excluding carboxylic acids is 2. The van der Waals surface area contributed by atoms with E-state index in [4.69, 9.17) is 0 Å². The molecule has 0 spiro atoms. The molecule has 0 bridgehead atoms. The largest absolute Gasteiger partial charge is 0.435 e. The van der Waals surface area contributed by atoms with Crippen LogP contribution < -0.4 is 4.90 Å². The molecule has 0 unspecified atom stereocenters. The van der Waals surface area contributed by atoms with Gasteiger partial charge in [0.05, 0.1) is 16.8 Å². The van der Waals surface area contributed by atoms with Crippen LogP contribution in [-0.2, 0) is 18.3 Å². The number of hydrogen-bond donors (Lipinski definition) is 0. The second-order valence-electron chi connectivity index (χ2n) is 8.49. The van der Waals surface area contributed by atoms with Crippen LogP contribution in [0.5, 0.6) is 0 Å². The molecule has 0 heterocycles. The van der Waals surface area contributed by atoms with Crippen LogP contribution >= 0.6 is 0 Å². The molecule has 0 aliphatic carbocycles. The van der Waals surface area contributed by atoms with Crippen molar-refractivity contribution >= 4 is 17.4 Å². The highest BCUT2D eigenvalue weighted by molar-refractivity contribution is 6.07. The lowest BCUT2D eigenvalue weighted by molar-refractivity contribution is -0.348. The molecule has 0 aliphatic rings. The van der Waals surface area contributed by atoms with Crippen LogP contribution in [0.15, 0.2) is 66.7 Å². The number of hydrogen-bond acceptors (Lipinski definition) is 2. The monoisotopic (exact) mass is 583 g/mol. The topological polar surface area (TPSA) is 37.4 Å². The maximum absolute atomic E-state index is 15.2. The van der Waals surface area contributed by atoms with Gasteiger partial charge in [-0.3, -0.25) is 9.59 Å². The molecule has 0 radical (unpaired) electrons. The minimum Gasteiger partial charge on any atom is -0.309 e. The van der Waals surface area contributed by atoms with Gasteiger partial charge in [0.2, 0.25) is 0 Å². The summed E-state index contributed by atoms with van der Waals surface area (Å²) in [6.07, 6.45) is -20.3. The molecule has 3 aromatic rings. The maximum Gasteiger partial charge on any atom is 0.435 e.